The minimum atomic E-state index is -0.179. The molecule has 1 aromatic rings. The van der Waals surface area contributed by atoms with E-state index in [-0.39, 0.29) is 24.2 Å². The number of hydrogen-bond acceptors (Lipinski definition) is 4. The van der Waals surface area contributed by atoms with Crippen molar-refractivity contribution in [2.75, 3.05) is 17.7 Å². The van der Waals surface area contributed by atoms with Crippen LogP contribution in [0.5, 0.6) is 5.75 Å². The lowest BCUT2D eigenvalue weighted by molar-refractivity contribution is -0.117. The van der Waals surface area contributed by atoms with Gasteiger partial charge in [-0.2, -0.15) is 0 Å². The third kappa shape index (κ3) is 5.09. The van der Waals surface area contributed by atoms with Crippen molar-refractivity contribution in [3.05, 3.63) is 18.2 Å². The van der Waals surface area contributed by atoms with Gasteiger partial charge in [-0.3, -0.25) is 9.59 Å². The fraction of sp³-hybridized carbons (Fsp3) is 0.556. The lowest BCUT2D eigenvalue weighted by atomic mass is 9.89. The van der Waals surface area contributed by atoms with Crippen molar-refractivity contribution in [2.45, 2.75) is 51.1 Å². The van der Waals surface area contributed by atoms with Gasteiger partial charge in [0.25, 0.3) is 0 Å². The number of piperidine rings is 1. The first-order valence-corrected chi connectivity index (χ1v) is 8.55. The van der Waals surface area contributed by atoms with E-state index in [0.29, 0.717) is 41.5 Å². The number of halogens is 1. The van der Waals surface area contributed by atoms with E-state index in [1.807, 2.05) is 0 Å². The Morgan fingerprint density at radius 3 is 2.48 bits per heavy atom. The molecule has 2 amide bonds. The minimum Gasteiger partial charge on any atom is -0.495 e. The molecule has 2 fully saturated rings. The molecule has 2 unspecified atom stereocenters. The average molecular weight is 368 g/mol. The molecule has 2 aliphatic rings. The number of fused-ring (bicyclic) bond motifs is 2. The summed E-state index contributed by atoms with van der Waals surface area (Å²) in [6.45, 7) is 1.44. The molecule has 6 nitrogen and oxygen atoms in total. The first kappa shape index (κ1) is 19.5. The van der Waals surface area contributed by atoms with Crippen molar-refractivity contribution < 1.29 is 14.3 Å². The fourth-order valence-corrected chi connectivity index (χ4v) is 3.89. The molecular formula is C18H26ClN3O3. The zero-order valence-electron chi connectivity index (χ0n) is 14.6. The topological polar surface area (TPSA) is 79.5 Å². The van der Waals surface area contributed by atoms with E-state index in [9.17, 15) is 9.59 Å². The molecule has 25 heavy (non-hydrogen) atoms. The SMILES string of the molecule is COc1ccc(NC(=O)CC2CC3CCC(C2)N3)cc1NC(C)=O.Cl. The number of nitrogens with one attached hydrogen (secondary N) is 3. The van der Waals surface area contributed by atoms with E-state index in [0.717, 1.165) is 12.8 Å². The Morgan fingerprint density at radius 1 is 1.20 bits per heavy atom. The van der Waals surface area contributed by atoms with Gasteiger partial charge < -0.3 is 20.7 Å². The van der Waals surface area contributed by atoms with Crippen LogP contribution in [0.1, 0.15) is 39.0 Å². The van der Waals surface area contributed by atoms with Gasteiger partial charge in [-0.25, -0.2) is 0 Å². The van der Waals surface area contributed by atoms with Crippen LogP contribution < -0.4 is 20.7 Å². The summed E-state index contributed by atoms with van der Waals surface area (Å²) < 4.78 is 5.22. The molecular weight excluding hydrogens is 342 g/mol. The lowest BCUT2D eigenvalue weighted by Crippen LogP contribution is -2.39. The van der Waals surface area contributed by atoms with Crippen molar-refractivity contribution in [3.8, 4) is 5.75 Å². The molecule has 7 heteroatoms. The Morgan fingerprint density at radius 2 is 1.88 bits per heavy atom. The predicted octanol–water partition coefficient (Wildman–Crippen LogP) is 2.93. The molecule has 0 radical (unpaired) electrons. The van der Waals surface area contributed by atoms with E-state index < -0.39 is 0 Å². The maximum atomic E-state index is 12.4. The Bertz CT molecular complexity index is 626. The Labute approximate surface area is 154 Å². The number of carbonyl (C=O) groups excluding carboxylic acids is 2. The van der Waals surface area contributed by atoms with Gasteiger partial charge in [0.05, 0.1) is 12.8 Å². The summed E-state index contributed by atoms with van der Waals surface area (Å²) in [4.78, 5) is 23.6. The standard InChI is InChI=1S/C18H25N3O3.ClH/c1-11(22)19-16-10-15(5-6-17(16)24-2)21-18(23)9-12-7-13-3-4-14(8-12)20-13;/h5-6,10,12-14,20H,3-4,7-9H2,1-2H3,(H,19,22)(H,21,23);1H. The van der Waals surface area contributed by atoms with Crippen LogP contribution in [0.15, 0.2) is 18.2 Å². The Kier molecular flexibility index (Phi) is 6.67. The highest BCUT2D eigenvalue weighted by molar-refractivity contribution is 5.94. The molecule has 2 heterocycles. The quantitative estimate of drug-likeness (QED) is 0.747. The number of rotatable bonds is 5. The smallest absolute Gasteiger partial charge is 0.224 e. The van der Waals surface area contributed by atoms with Crippen LogP contribution in [0, 0.1) is 5.92 Å². The molecule has 2 bridgehead atoms. The zero-order valence-corrected chi connectivity index (χ0v) is 15.4. The summed E-state index contributed by atoms with van der Waals surface area (Å²) in [6.07, 6.45) is 5.20. The van der Waals surface area contributed by atoms with Gasteiger partial charge in [-0.05, 0) is 49.8 Å². The number of benzene rings is 1. The van der Waals surface area contributed by atoms with E-state index in [4.69, 9.17) is 4.74 Å². The molecule has 1 aromatic carbocycles. The largest absolute Gasteiger partial charge is 0.495 e. The van der Waals surface area contributed by atoms with Gasteiger partial charge in [0, 0.05) is 31.1 Å². The third-order valence-electron chi connectivity index (χ3n) is 4.84. The van der Waals surface area contributed by atoms with Crippen LogP contribution in [-0.2, 0) is 9.59 Å². The zero-order chi connectivity index (χ0) is 17.1. The molecule has 0 aromatic heterocycles. The fourth-order valence-electron chi connectivity index (χ4n) is 3.89. The van der Waals surface area contributed by atoms with Crippen molar-refractivity contribution >= 4 is 35.6 Å². The Hall–Kier alpha value is -1.79. The highest BCUT2D eigenvalue weighted by Crippen LogP contribution is 2.33. The van der Waals surface area contributed by atoms with Gasteiger partial charge in [-0.1, -0.05) is 0 Å². The number of hydrogen-bond donors (Lipinski definition) is 3. The summed E-state index contributed by atoms with van der Waals surface area (Å²) >= 11 is 0. The minimum absolute atomic E-state index is 0. The van der Waals surface area contributed by atoms with E-state index in [1.165, 1.54) is 19.8 Å². The highest BCUT2D eigenvalue weighted by Gasteiger charge is 2.34. The van der Waals surface area contributed by atoms with E-state index >= 15 is 0 Å². The lowest BCUT2D eigenvalue weighted by Gasteiger charge is -2.28. The highest BCUT2D eigenvalue weighted by atomic mass is 35.5. The maximum absolute atomic E-state index is 12.4. The number of anilines is 2. The van der Waals surface area contributed by atoms with Crippen LogP contribution in [0.4, 0.5) is 11.4 Å². The van der Waals surface area contributed by atoms with Gasteiger partial charge in [0.15, 0.2) is 0 Å². The van der Waals surface area contributed by atoms with Crippen LogP contribution in [-0.4, -0.2) is 31.0 Å². The van der Waals surface area contributed by atoms with Crippen LogP contribution in [0.2, 0.25) is 0 Å². The third-order valence-corrected chi connectivity index (χ3v) is 4.84. The summed E-state index contributed by atoms with van der Waals surface area (Å²) in [5.74, 6) is 0.872. The number of ether oxygens (including phenoxy) is 1. The molecule has 3 rings (SSSR count). The number of amides is 2. The monoisotopic (exact) mass is 367 g/mol. The molecule has 0 spiro atoms. The van der Waals surface area contributed by atoms with Crippen LogP contribution >= 0.6 is 12.4 Å². The molecule has 3 N–H and O–H groups in total. The summed E-state index contributed by atoms with van der Waals surface area (Å²) in [7, 11) is 1.55. The second-order valence-electron chi connectivity index (χ2n) is 6.82. The van der Waals surface area contributed by atoms with Crippen molar-refractivity contribution in [1.82, 2.24) is 5.32 Å². The van der Waals surface area contributed by atoms with Gasteiger partial charge in [0.2, 0.25) is 11.8 Å². The molecule has 0 saturated carbocycles. The van der Waals surface area contributed by atoms with Crippen molar-refractivity contribution in [3.63, 3.8) is 0 Å². The predicted molar refractivity (Wildman–Crippen MR) is 100 cm³/mol. The normalized spacial score (nSPS) is 24.2. The summed E-state index contributed by atoms with van der Waals surface area (Å²) in [6, 6.07) is 6.44. The first-order valence-electron chi connectivity index (χ1n) is 8.55. The number of carbonyl (C=O) groups is 2. The second-order valence-corrected chi connectivity index (χ2v) is 6.82. The van der Waals surface area contributed by atoms with Gasteiger partial charge in [0.1, 0.15) is 5.75 Å². The second kappa shape index (κ2) is 8.54. The molecule has 2 atom stereocenters. The van der Waals surface area contributed by atoms with Gasteiger partial charge >= 0.3 is 0 Å². The molecule has 138 valence electrons. The summed E-state index contributed by atoms with van der Waals surface area (Å²) in [5, 5.41) is 9.25. The Balaban J connectivity index is 0.00000225. The molecule has 2 aliphatic heterocycles. The van der Waals surface area contributed by atoms with Gasteiger partial charge in [-0.15, -0.1) is 12.4 Å². The van der Waals surface area contributed by atoms with Crippen LogP contribution in [0.3, 0.4) is 0 Å². The first-order chi connectivity index (χ1) is 11.5. The molecule has 2 saturated heterocycles. The van der Waals surface area contributed by atoms with E-state index in [2.05, 4.69) is 16.0 Å². The van der Waals surface area contributed by atoms with Crippen molar-refractivity contribution in [2.24, 2.45) is 5.92 Å². The summed E-state index contributed by atoms with van der Waals surface area (Å²) in [5.41, 5.74) is 1.23. The van der Waals surface area contributed by atoms with E-state index in [1.54, 1.807) is 25.3 Å². The molecule has 0 aliphatic carbocycles. The maximum Gasteiger partial charge on any atom is 0.224 e. The van der Waals surface area contributed by atoms with Crippen LogP contribution in [0.25, 0.3) is 0 Å². The number of methoxy groups -OCH3 is 1. The average Bonchev–Trinajstić information content (AvgIpc) is 2.85. The van der Waals surface area contributed by atoms with Crippen molar-refractivity contribution in [1.29, 1.82) is 0 Å².